The fraction of sp³-hybridized carbons (Fsp3) is 0. The summed E-state index contributed by atoms with van der Waals surface area (Å²) in [6, 6.07) is 0. The van der Waals surface area contributed by atoms with Crippen LogP contribution in [0.4, 0.5) is 8.78 Å². The van der Waals surface area contributed by atoms with Crippen LogP contribution in [-0.4, -0.2) is 26.6 Å². The summed E-state index contributed by atoms with van der Waals surface area (Å²) >= 11 is 0. The highest BCUT2D eigenvalue weighted by Crippen LogP contribution is 2.14. The molecule has 0 heterocycles. The van der Waals surface area contributed by atoms with Crippen LogP contribution in [0.1, 0.15) is 0 Å². The smallest absolute Gasteiger partial charge is 0.205 e. The summed E-state index contributed by atoms with van der Waals surface area (Å²) < 4.78 is 66.8. The Bertz CT molecular complexity index is 532. The molecular formula is C6H2F2O4S2. The van der Waals surface area contributed by atoms with E-state index in [1.807, 2.05) is 0 Å². The van der Waals surface area contributed by atoms with Gasteiger partial charge in [-0.3, -0.25) is 0 Å². The second-order valence-corrected chi connectivity index (χ2v) is 4.00. The van der Waals surface area contributed by atoms with Crippen LogP contribution in [0.3, 0.4) is 0 Å². The van der Waals surface area contributed by atoms with E-state index in [0.29, 0.717) is 12.2 Å². The van der Waals surface area contributed by atoms with Crippen molar-refractivity contribution < 1.29 is 25.6 Å². The predicted molar refractivity (Wildman–Crippen MR) is 46.2 cm³/mol. The summed E-state index contributed by atoms with van der Waals surface area (Å²) in [6.07, 6.45) is 0.618. The molecule has 0 unspecified atom stereocenters. The van der Waals surface area contributed by atoms with Gasteiger partial charge in [-0.05, 0) is 0 Å². The maximum atomic E-state index is 12.8. The SMILES string of the molecule is O=S(=O)=C1C=C(F)C(=S(=O)=O)C=C1F. The Hall–Kier alpha value is -1.28. The zero-order chi connectivity index (χ0) is 10.9. The molecule has 0 spiro atoms. The monoisotopic (exact) mass is 240 g/mol. The van der Waals surface area contributed by atoms with Crippen molar-refractivity contribution in [3.05, 3.63) is 23.8 Å². The highest BCUT2D eigenvalue weighted by molar-refractivity contribution is 7.74. The molecule has 1 rings (SSSR count). The van der Waals surface area contributed by atoms with Crippen LogP contribution < -0.4 is 0 Å². The Balaban J connectivity index is 3.61. The first-order valence-electron chi connectivity index (χ1n) is 3.11. The Morgan fingerprint density at radius 3 is 1.29 bits per heavy atom. The molecule has 0 radical (unpaired) electrons. The quantitative estimate of drug-likeness (QED) is 0.550. The molecule has 0 saturated heterocycles. The van der Waals surface area contributed by atoms with Gasteiger partial charge in [0.1, 0.15) is 21.4 Å². The Morgan fingerprint density at radius 1 is 0.786 bits per heavy atom. The summed E-state index contributed by atoms with van der Waals surface area (Å²) in [5.74, 6) is -2.61. The van der Waals surface area contributed by atoms with E-state index in [-0.39, 0.29) is 0 Å². The lowest BCUT2D eigenvalue weighted by Gasteiger charge is -2.01. The molecule has 0 aromatic carbocycles. The maximum absolute atomic E-state index is 12.8. The van der Waals surface area contributed by atoms with Crippen molar-refractivity contribution in [3.8, 4) is 0 Å². The van der Waals surface area contributed by atoms with Gasteiger partial charge in [-0.2, -0.15) is 16.8 Å². The minimum absolute atomic E-state index is 0.309. The van der Waals surface area contributed by atoms with Crippen LogP contribution in [0.15, 0.2) is 23.8 Å². The highest BCUT2D eigenvalue weighted by atomic mass is 32.2. The predicted octanol–water partition coefficient (Wildman–Crippen LogP) is -0.190. The molecule has 0 N–H and O–H groups in total. The standard InChI is InChI=1S/C6H2F2O4S2/c7-3-1-5(13(9)10)4(8)2-6(3)14(11)12/h1-2H. The maximum Gasteiger partial charge on any atom is 0.224 e. The third kappa shape index (κ3) is 1.96. The number of allylic oxidation sites excluding steroid dienone is 4. The third-order valence-electron chi connectivity index (χ3n) is 1.35. The molecule has 8 heteroatoms. The minimum atomic E-state index is -2.94. The second-order valence-electron chi connectivity index (χ2n) is 2.18. The van der Waals surface area contributed by atoms with Gasteiger partial charge in [0.15, 0.2) is 0 Å². The van der Waals surface area contributed by atoms with Crippen molar-refractivity contribution in [1.29, 1.82) is 0 Å². The highest BCUT2D eigenvalue weighted by Gasteiger charge is 2.19. The average Bonchev–Trinajstić information content (AvgIpc) is 2.07. The zero-order valence-electron chi connectivity index (χ0n) is 6.36. The van der Waals surface area contributed by atoms with E-state index < -0.39 is 42.0 Å². The molecule has 0 bridgehead atoms. The molecule has 0 aromatic rings. The van der Waals surface area contributed by atoms with Crippen molar-refractivity contribution >= 4 is 30.3 Å². The summed E-state index contributed by atoms with van der Waals surface area (Å²) in [5.41, 5.74) is 0. The molecule has 14 heavy (non-hydrogen) atoms. The lowest BCUT2D eigenvalue weighted by molar-refractivity contribution is 0.622. The topological polar surface area (TPSA) is 68.3 Å². The van der Waals surface area contributed by atoms with Crippen LogP contribution in [0, 0.1) is 0 Å². The van der Waals surface area contributed by atoms with E-state index in [1.54, 1.807) is 0 Å². The molecule has 0 aromatic heterocycles. The number of hydrogen-bond acceptors (Lipinski definition) is 4. The average molecular weight is 240 g/mol. The first kappa shape index (κ1) is 10.8. The van der Waals surface area contributed by atoms with Crippen molar-refractivity contribution in [2.24, 2.45) is 0 Å². The number of halogens is 2. The van der Waals surface area contributed by atoms with E-state index >= 15 is 0 Å². The molecule has 76 valence electrons. The van der Waals surface area contributed by atoms with Gasteiger partial charge in [-0.15, -0.1) is 0 Å². The van der Waals surface area contributed by atoms with E-state index in [1.165, 1.54) is 0 Å². The number of rotatable bonds is 0. The molecule has 4 nitrogen and oxygen atoms in total. The molecule has 0 atom stereocenters. The van der Waals surface area contributed by atoms with Crippen LogP contribution >= 0.6 is 0 Å². The van der Waals surface area contributed by atoms with Crippen LogP contribution in [0.2, 0.25) is 0 Å². The Morgan fingerprint density at radius 2 is 1.07 bits per heavy atom. The van der Waals surface area contributed by atoms with Gasteiger partial charge in [-0.1, -0.05) is 0 Å². The van der Waals surface area contributed by atoms with Crippen molar-refractivity contribution in [2.45, 2.75) is 0 Å². The minimum Gasteiger partial charge on any atom is -0.205 e. The van der Waals surface area contributed by atoms with Gasteiger partial charge in [0.25, 0.3) is 0 Å². The van der Waals surface area contributed by atoms with Gasteiger partial charge in [0.05, 0.1) is 0 Å². The molecule has 1 aliphatic carbocycles. The van der Waals surface area contributed by atoms with E-state index in [0.717, 1.165) is 0 Å². The number of hydrogen-bond donors (Lipinski definition) is 0. The van der Waals surface area contributed by atoms with Crippen LogP contribution in [-0.2, 0) is 20.6 Å². The van der Waals surface area contributed by atoms with Gasteiger partial charge < -0.3 is 0 Å². The second kappa shape index (κ2) is 3.84. The summed E-state index contributed by atoms with van der Waals surface area (Å²) in [7, 11) is -5.88. The third-order valence-corrected chi connectivity index (χ3v) is 2.69. The molecule has 0 fully saturated rings. The van der Waals surface area contributed by atoms with Crippen LogP contribution in [0.25, 0.3) is 0 Å². The lowest BCUT2D eigenvalue weighted by atomic mass is 10.2. The van der Waals surface area contributed by atoms with Gasteiger partial charge >= 0.3 is 0 Å². The molecular weight excluding hydrogens is 238 g/mol. The van der Waals surface area contributed by atoms with Crippen molar-refractivity contribution in [3.63, 3.8) is 0 Å². The molecule has 1 aliphatic rings. The van der Waals surface area contributed by atoms with E-state index in [9.17, 15) is 25.6 Å². The summed E-state index contributed by atoms with van der Waals surface area (Å²) in [5, 5.41) is 0. The molecule has 0 aliphatic heterocycles. The Kier molecular flexibility index (Phi) is 2.96. The first-order chi connectivity index (χ1) is 6.43. The van der Waals surface area contributed by atoms with Crippen LogP contribution in [0.5, 0.6) is 0 Å². The molecule has 0 amide bonds. The largest absolute Gasteiger partial charge is 0.224 e. The van der Waals surface area contributed by atoms with Crippen molar-refractivity contribution in [2.75, 3.05) is 0 Å². The van der Waals surface area contributed by atoms with Gasteiger partial charge in [-0.25, -0.2) is 8.78 Å². The Labute approximate surface area is 80.2 Å². The van der Waals surface area contributed by atoms with Gasteiger partial charge in [0.2, 0.25) is 20.6 Å². The molecule has 0 saturated carbocycles. The fourth-order valence-electron chi connectivity index (χ4n) is 0.766. The summed E-state index contributed by atoms with van der Waals surface area (Å²) in [4.78, 5) is -1.81. The lowest BCUT2D eigenvalue weighted by Crippen LogP contribution is -2.10. The van der Waals surface area contributed by atoms with Crippen molar-refractivity contribution in [1.82, 2.24) is 0 Å². The first-order valence-corrected chi connectivity index (χ1v) is 5.26. The van der Waals surface area contributed by atoms with E-state index in [2.05, 4.69) is 0 Å². The van der Waals surface area contributed by atoms with E-state index in [4.69, 9.17) is 0 Å². The summed E-state index contributed by atoms with van der Waals surface area (Å²) in [6.45, 7) is 0. The fourth-order valence-corrected chi connectivity index (χ4v) is 1.60. The van der Waals surface area contributed by atoms with Gasteiger partial charge in [0, 0.05) is 12.2 Å². The normalized spacial score (nSPS) is 16.1. The zero-order valence-corrected chi connectivity index (χ0v) is 7.99.